The van der Waals surface area contributed by atoms with Crippen molar-refractivity contribution in [2.45, 2.75) is 6.92 Å². The molecule has 0 aliphatic heterocycles. The maximum absolute atomic E-state index is 12.3. The van der Waals surface area contributed by atoms with E-state index in [-0.39, 0.29) is 32.2 Å². The summed E-state index contributed by atoms with van der Waals surface area (Å²) in [5, 5.41) is 4.73. The fourth-order valence-electron chi connectivity index (χ4n) is 2.42. The number of benzene rings is 2. The van der Waals surface area contributed by atoms with Gasteiger partial charge in [0.2, 0.25) is 5.91 Å². The lowest BCUT2D eigenvalue weighted by Crippen LogP contribution is -2.10. The van der Waals surface area contributed by atoms with Gasteiger partial charge in [-0.25, -0.2) is 0 Å². The van der Waals surface area contributed by atoms with Crippen molar-refractivity contribution < 1.29 is 4.79 Å². The van der Waals surface area contributed by atoms with Crippen molar-refractivity contribution in [3.8, 4) is 0 Å². The molecule has 0 atom stereocenters. The molecule has 0 saturated carbocycles. The van der Waals surface area contributed by atoms with Gasteiger partial charge in [-0.1, -0.05) is 52.5 Å². The number of amides is 1. The molecule has 118 valence electrons. The van der Waals surface area contributed by atoms with E-state index >= 15 is 0 Å². The molecule has 1 aromatic heterocycles. The number of H-pyrrole nitrogens is 1. The van der Waals surface area contributed by atoms with Gasteiger partial charge >= 0.3 is 0 Å². The Labute approximate surface area is 150 Å². The van der Waals surface area contributed by atoms with E-state index in [1.807, 2.05) is 0 Å². The van der Waals surface area contributed by atoms with E-state index in [1.165, 1.54) is 13.0 Å². The maximum atomic E-state index is 12.3. The Kier molecular flexibility index (Phi) is 4.19. The second-order valence-corrected chi connectivity index (χ2v) is 6.46. The van der Waals surface area contributed by atoms with Crippen molar-refractivity contribution in [3.05, 3.63) is 48.6 Å². The molecule has 0 aliphatic rings. The molecular formula is C15H8Cl4N2O2. The third-order valence-electron chi connectivity index (χ3n) is 3.36. The highest BCUT2D eigenvalue weighted by Gasteiger charge is 2.20. The van der Waals surface area contributed by atoms with Crippen molar-refractivity contribution >= 4 is 79.7 Å². The number of rotatable bonds is 1. The number of carbonyl (C=O) groups is 1. The molecule has 0 unspecified atom stereocenters. The Bertz CT molecular complexity index is 1040. The third-order valence-corrected chi connectivity index (χ3v) is 4.82. The molecule has 0 radical (unpaired) electrons. The summed E-state index contributed by atoms with van der Waals surface area (Å²) in [6, 6.07) is 4.84. The SMILES string of the molecule is CC(=O)Nc1c(Cl)c(Cl)c2[nH]c(=O)c3cc(Cl)ccc3c2c1Cl. The van der Waals surface area contributed by atoms with Gasteiger partial charge < -0.3 is 10.3 Å². The van der Waals surface area contributed by atoms with E-state index in [2.05, 4.69) is 10.3 Å². The fourth-order valence-corrected chi connectivity index (χ4v) is 3.45. The minimum Gasteiger partial charge on any atom is -0.324 e. The van der Waals surface area contributed by atoms with Crippen molar-refractivity contribution in [2.24, 2.45) is 0 Å². The number of halogens is 4. The summed E-state index contributed by atoms with van der Waals surface area (Å²) in [6.45, 7) is 1.33. The second-order valence-electron chi connectivity index (χ2n) is 4.89. The molecule has 0 saturated heterocycles. The van der Waals surface area contributed by atoms with Crippen LogP contribution in [0.1, 0.15) is 6.92 Å². The summed E-state index contributed by atoms with van der Waals surface area (Å²) in [6.07, 6.45) is 0. The molecule has 2 aromatic carbocycles. The van der Waals surface area contributed by atoms with Crippen LogP contribution in [0.25, 0.3) is 21.7 Å². The monoisotopic (exact) mass is 388 g/mol. The van der Waals surface area contributed by atoms with Crippen molar-refractivity contribution in [1.29, 1.82) is 0 Å². The predicted octanol–water partition coefficient (Wildman–Crippen LogP) is 5.25. The fraction of sp³-hybridized carbons (Fsp3) is 0.0667. The largest absolute Gasteiger partial charge is 0.324 e. The summed E-state index contributed by atoms with van der Waals surface area (Å²) in [5.41, 5.74) is 0.133. The number of pyridine rings is 1. The van der Waals surface area contributed by atoms with Gasteiger partial charge in [0, 0.05) is 22.7 Å². The molecule has 1 amide bonds. The van der Waals surface area contributed by atoms with Gasteiger partial charge in [-0.05, 0) is 17.5 Å². The number of hydrogen-bond donors (Lipinski definition) is 2. The zero-order chi connectivity index (χ0) is 16.9. The number of aromatic nitrogens is 1. The molecule has 1 heterocycles. The molecule has 4 nitrogen and oxygen atoms in total. The van der Waals surface area contributed by atoms with Gasteiger partial charge in [0.15, 0.2) is 0 Å². The molecule has 0 spiro atoms. The van der Waals surface area contributed by atoms with Gasteiger partial charge in [-0.3, -0.25) is 9.59 Å². The standard InChI is InChI=1S/C15H8Cl4N2O2/c1-5(22)20-14-10(17)9-7-3-2-6(16)4-8(7)15(23)21-13(9)11(18)12(14)19/h2-4H,1H3,(H,20,22)(H,21,23). The maximum Gasteiger partial charge on any atom is 0.256 e. The Balaban J connectivity index is 2.58. The summed E-state index contributed by atoms with van der Waals surface area (Å²) in [4.78, 5) is 26.3. The number of hydrogen-bond acceptors (Lipinski definition) is 2. The zero-order valence-electron chi connectivity index (χ0n) is 11.6. The van der Waals surface area contributed by atoms with Crippen LogP contribution in [0.5, 0.6) is 0 Å². The highest BCUT2D eigenvalue weighted by molar-refractivity contribution is 6.52. The van der Waals surface area contributed by atoms with E-state index in [1.54, 1.807) is 12.1 Å². The lowest BCUT2D eigenvalue weighted by molar-refractivity contribution is -0.114. The van der Waals surface area contributed by atoms with Crippen LogP contribution in [-0.2, 0) is 4.79 Å². The number of nitrogens with one attached hydrogen (secondary N) is 2. The van der Waals surface area contributed by atoms with Crippen molar-refractivity contribution in [1.82, 2.24) is 4.98 Å². The Morgan fingerprint density at radius 2 is 1.74 bits per heavy atom. The molecule has 3 rings (SSSR count). The van der Waals surface area contributed by atoms with Gasteiger partial charge in [0.05, 0.1) is 26.3 Å². The van der Waals surface area contributed by atoms with Crippen molar-refractivity contribution in [2.75, 3.05) is 5.32 Å². The van der Waals surface area contributed by atoms with E-state index in [9.17, 15) is 9.59 Å². The summed E-state index contributed by atoms with van der Waals surface area (Å²) in [5.74, 6) is -0.346. The van der Waals surface area contributed by atoms with Crippen LogP contribution in [0.3, 0.4) is 0 Å². The summed E-state index contributed by atoms with van der Waals surface area (Å²) >= 11 is 24.8. The number of aromatic amines is 1. The third kappa shape index (κ3) is 2.66. The van der Waals surface area contributed by atoms with Crippen LogP contribution in [0.15, 0.2) is 23.0 Å². The molecule has 2 N–H and O–H groups in total. The number of carbonyl (C=O) groups excluding carboxylic acids is 1. The highest BCUT2D eigenvalue weighted by atomic mass is 35.5. The van der Waals surface area contributed by atoms with Crippen LogP contribution in [-0.4, -0.2) is 10.9 Å². The first-order valence-electron chi connectivity index (χ1n) is 6.40. The molecule has 3 aromatic rings. The number of anilines is 1. The first kappa shape index (κ1) is 16.4. The molecule has 23 heavy (non-hydrogen) atoms. The van der Waals surface area contributed by atoms with Gasteiger partial charge in [-0.2, -0.15) is 0 Å². The highest BCUT2D eigenvalue weighted by Crippen LogP contribution is 2.44. The minimum atomic E-state index is -0.365. The minimum absolute atomic E-state index is 0.0586. The zero-order valence-corrected chi connectivity index (χ0v) is 14.6. The molecule has 0 fully saturated rings. The first-order chi connectivity index (χ1) is 10.8. The normalized spacial score (nSPS) is 11.2. The first-order valence-corrected chi connectivity index (χ1v) is 7.91. The van der Waals surface area contributed by atoms with Gasteiger partial charge in [-0.15, -0.1) is 0 Å². The topological polar surface area (TPSA) is 62.0 Å². The van der Waals surface area contributed by atoms with Gasteiger partial charge in [0.25, 0.3) is 5.56 Å². The lowest BCUT2D eigenvalue weighted by atomic mass is 10.1. The average molecular weight is 390 g/mol. The Hall–Kier alpha value is -1.46. The molecular weight excluding hydrogens is 382 g/mol. The van der Waals surface area contributed by atoms with Crippen LogP contribution < -0.4 is 10.9 Å². The van der Waals surface area contributed by atoms with Crippen molar-refractivity contribution in [3.63, 3.8) is 0 Å². The molecule has 0 bridgehead atoms. The average Bonchev–Trinajstić information content (AvgIpc) is 2.49. The number of fused-ring (bicyclic) bond motifs is 3. The Morgan fingerprint density at radius 3 is 2.39 bits per heavy atom. The van der Waals surface area contributed by atoms with Crippen LogP contribution in [0, 0.1) is 0 Å². The smallest absolute Gasteiger partial charge is 0.256 e. The molecule has 0 aliphatic carbocycles. The van der Waals surface area contributed by atoms with Gasteiger partial charge in [0.1, 0.15) is 0 Å². The van der Waals surface area contributed by atoms with Crippen LogP contribution in [0.4, 0.5) is 5.69 Å². The van der Waals surface area contributed by atoms with E-state index < -0.39 is 0 Å². The predicted molar refractivity (Wildman–Crippen MR) is 96.4 cm³/mol. The second kappa shape index (κ2) is 5.87. The van der Waals surface area contributed by atoms with E-state index in [4.69, 9.17) is 46.4 Å². The molecule has 8 heteroatoms. The van der Waals surface area contributed by atoms with E-state index in [0.717, 1.165) is 0 Å². The van der Waals surface area contributed by atoms with E-state index in [0.29, 0.717) is 26.7 Å². The summed E-state index contributed by atoms with van der Waals surface area (Å²) in [7, 11) is 0. The van der Waals surface area contributed by atoms with Crippen LogP contribution >= 0.6 is 46.4 Å². The summed E-state index contributed by atoms with van der Waals surface area (Å²) < 4.78 is 0. The quantitative estimate of drug-likeness (QED) is 0.440. The van der Waals surface area contributed by atoms with Crippen LogP contribution in [0.2, 0.25) is 20.1 Å². The Morgan fingerprint density at radius 1 is 1.04 bits per heavy atom. The lowest BCUT2D eigenvalue weighted by Gasteiger charge is -2.14.